The largest absolute Gasteiger partial charge is 0.301 e. The second-order valence-corrected chi connectivity index (χ2v) is 3.91. The second kappa shape index (κ2) is 6.73. The number of hydrogen-bond acceptors (Lipinski definition) is 1. The normalized spacial score (nSPS) is 16.5. The highest BCUT2D eigenvalue weighted by atomic mass is 35.5. The van der Waals surface area contributed by atoms with Crippen LogP contribution in [0.2, 0.25) is 0 Å². The third kappa shape index (κ3) is 4.32. The van der Waals surface area contributed by atoms with Gasteiger partial charge in [-0.1, -0.05) is 20.8 Å². The Kier molecular flexibility index (Phi) is 6.87. The van der Waals surface area contributed by atoms with Gasteiger partial charge in [0.05, 0.1) is 0 Å². The fraction of sp³-hybridized carbons (Fsp3) is 1.00. The van der Waals surface area contributed by atoms with E-state index in [0.29, 0.717) is 12.0 Å². The molecule has 0 aromatic rings. The van der Waals surface area contributed by atoms with Crippen LogP contribution in [0.1, 0.15) is 34.1 Å². The van der Waals surface area contributed by atoms with Crippen molar-refractivity contribution in [2.75, 3.05) is 19.0 Å². The van der Waals surface area contributed by atoms with Crippen molar-refractivity contribution in [3.05, 3.63) is 0 Å². The molecule has 2 atom stereocenters. The van der Waals surface area contributed by atoms with Crippen LogP contribution in [0.15, 0.2) is 0 Å². The molecule has 0 saturated carbocycles. The van der Waals surface area contributed by atoms with Crippen molar-refractivity contribution < 1.29 is 0 Å². The molecule has 74 valence electrons. The molecular weight excluding hydrogens is 170 g/mol. The summed E-state index contributed by atoms with van der Waals surface area (Å²) in [5.41, 5.74) is 0. The predicted octanol–water partition coefficient (Wildman–Crippen LogP) is 2.98. The zero-order valence-corrected chi connectivity index (χ0v) is 9.56. The van der Waals surface area contributed by atoms with Crippen LogP contribution >= 0.6 is 11.6 Å². The molecule has 0 saturated heterocycles. The van der Waals surface area contributed by atoms with Crippen molar-refractivity contribution in [1.82, 2.24) is 4.90 Å². The van der Waals surface area contributed by atoms with Crippen molar-refractivity contribution in [3.8, 4) is 0 Å². The SMILES string of the molecule is CCC(C)N(CC)CC(C)CCl. The average Bonchev–Trinajstić information content (AvgIpc) is 2.12. The van der Waals surface area contributed by atoms with Crippen LogP contribution in [-0.2, 0) is 0 Å². The molecule has 0 aliphatic rings. The molecule has 0 aromatic heterocycles. The topological polar surface area (TPSA) is 3.24 Å². The predicted molar refractivity (Wildman–Crippen MR) is 56.9 cm³/mol. The maximum Gasteiger partial charge on any atom is 0.0261 e. The monoisotopic (exact) mass is 191 g/mol. The highest BCUT2D eigenvalue weighted by Crippen LogP contribution is 2.08. The molecule has 0 rings (SSSR count). The first-order valence-corrected chi connectivity index (χ1v) is 5.49. The van der Waals surface area contributed by atoms with Gasteiger partial charge in [0, 0.05) is 18.5 Å². The molecule has 0 aliphatic heterocycles. The van der Waals surface area contributed by atoms with Crippen molar-refractivity contribution in [2.45, 2.75) is 40.2 Å². The van der Waals surface area contributed by atoms with E-state index >= 15 is 0 Å². The maximum absolute atomic E-state index is 5.77. The van der Waals surface area contributed by atoms with Gasteiger partial charge in [0.1, 0.15) is 0 Å². The summed E-state index contributed by atoms with van der Waals surface area (Å²) < 4.78 is 0. The van der Waals surface area contributed by atoms with Gasteiger partial charge in [-0.15, -0.1) is 11.6 Å². The molecule has 0 spiro atoms. The van der Waals surface area contributed by atoms with E-state index in [2.05, 4.69) is 32.6 Å². The summed E-state index contributed by atoms with van der Waals surface area (Å²) >= 11 is 5.77. The van der Waals surface area contributed by atoms with Crippen molar-refractivity contribution >= 4 is 11.6 Å². The maximum atomic E-state index is 5.77. The molecule has 12 heavy (non-hydrogen) atoms. The summed E-state index contributed by atoms with van der Waals surface area (Å²) in [4.78, 5) is 2.49. The van der Waals surface area contributed by atoms with Crippen molar-refractivity contribution in [2.24, 2.45) is 5.92 Å². The van der Waals surface area contributed by atoms with Crippen LogP contribution in [-0.4, -0.2) is 29.9 Å². The Morgan fingerprint density at radius 2 is 1.83 bits per heavy atom. The number of hydrogen-bond donors (Lipinski definition) is 0. The molecule has 0 amide bonds. The summed E-state index contributed by atoms with van der Waals surface area (Å²) in [5, 5.41) is 0. The standard InChI is InChI=1S/C10H22ClN/c1-5-10(4)12(6-2)8-9(3)7-11/h9-10H,5-8H2,1-4H3. The fourth-order valence-electron chi connectivity index (χ4n) is 1.33. The summed E-state index contributed by atoms with van der Waals surface area (Å²) in [7, 11) is 0. The van der Waals surface area contributed by atoms with Gasteiger partial charge in [-0.2, -0.15) is 0 Å². The number of nitrogens with zero attached hydrogens (tertiary/aromatic N) is 1. The highest BCUT2D eigenvalue weighted by Gasteiger charge is 2.12. The number of halogens is 1. The Morgan fingerprint density at radius 3 is 2.17 bits per heavy atom. The molecule has 0 aliphatic carbocycles. The summed E-state index contributed by atoms with van der Waals surface area (Å²) in [6.07, 6.45) is 1.23. The van der Waals surface area contributed by atoms with E-state index in [-0.39, 0.29) is 0 Å². The third-order valence-electron chi connectivity index (χ3n) is 2.43. The lowest BCUT2D eigenvalue weighted by atomic mass is 10.1. The Hall–Kier alpha value is 0.250. The molecule has 0 heterocycles. The van der Waals surface area contributed by atoms with E-state index in [1.165, 1.54) is 6.42 Å². The van der Waals surface area contributed by atoms with E-state index in [0.717, 1.165) is 19.0 Å². The van der Waals surface area contributed by atoms with E-state index in [9.17, 15) is 0 Å². The summed E-state index contributed by atoms with van der Waals surface area (Å²) in [5.74, 6) is 1.38. The lowest BCUT2D eigenvalue weighted by molar-refractivity contribution is 0.193. The number of alkyl halides is 1. The quantitative estimate of drug-likeness (QED) is 0.584. The molecule has 0 bridgehead atoms. The Bertz CT molecular complexity index is 106. The molecule has 0 N–H and O–H groups in total. The minimum absolute atomic E-state index is 0.612. The average molecular weight is 192 g/mol. The summed E-state index contributed by atoms with van der Waals surface area (Å²) in [6.45, 7) is 11.2. The van der Waals surface area contributed by atoms with Crippen LogP contribution in [0, 0.1) is 5.92 Å². The molecule has 0 fully saturated rings. The molecule has 0 aromatic carbocycles. The molecule has 2 heteroatoms. The number of rotatable bonds is 6. The smallest absolute Gasteiger partial charge is 0.0261 e. The Labute approximate surface area is 82.1 Å². The van der Waals surface area contributed by atoms with Gasteiger partial charge in [0.15, 0.2) is 0 Å². The van der Waals surface area contributed by atoms with E-state index in [1.54, 1.807) is 0 Å². The zero-order chi connectivity index (χ0) is 9.56. The van der Waals surface area contributed by atoms with Crippen molar-refractivity contribution in [1.29, 1.82) is 0 Å². The molecular formula is C10H22ClN. The molecule has 2 unspecified atom stereocenters. The first kappa shape index (κ1) is 12.2. The van der Waals surface area contributed by atoms with Crippen molar-refractivity contribution in [3.63, 3.8) is 0 Å². The van der Waals surface area contributed by atoms with Crippen LogP contribution < -0.4 is 0 Å². The molecule has 1 nitrogen and oxygen atoms in total. The molecule has 0 radical (unpaired) electrons. The Balaban J connectivity index is 3.81. The highest BCUT2D eigenvalue weighted by molar-refractivity contribution is 6.18. The van der Waals surface area contributed by atoms with Crippen LogP contribution in [0.5, 0.6) is 0 Å². The lowest BCUT2D eigenvalue weighted by Crippen LogP contribution is -2.36. The van der Waals surface area contributed by atoms with Crippen LogP contribution in [0.25, 0.3) is 0 Å². The Morgan fingerprint density at radius 1 is 1.25 bits per heavy atom. The van der Waals surface area contributed by atoms with Gasteiger partial charge < -0.3 is 4.90 Å². The van der Waals surface area contributed by atoms with E-state index in [1.807, 2.05) is 0 Å². The lowest BCUT2D eigenvalue weighted by Gasteiger charge is -2.28. The first-order chi connectivity index (χ1) is 5.65. The third-order valence-corrected chi connectivity index (χ3v) is 2.96. The van der Waals surface area contributed by atoms with Gasteiger partial charge in [0.2, 0.25) is 0 Å². The van der Waals surface area contributed by atoms with Crippen LogP contribution in [0.4, 0.5) is 0 Å². The zero-order valence-electron chi connectivity index (χ0n) is 8.81. The van der Waals surface area contributed by atoms with E-state index in [4.69, 9.17) is 11.6 Å². The minimum atomic E-state index is 0.612. The van der Waals surface area contributed by atoms with Gasteiger partial charge in [-0.3, -0.25) is 0 Å². The first-order valence-electron chi connectivity index (χ1n) is 4.95. The fourth-order valence-corrected chi connectivity index (χ4v) is 1.43. The summed E-state index contributed by atoms with van der Waals surface area (Å²) in [6, 6.07) is 0.695. The van der Waals surface area contributed by atoms with Gasteiger partial charge >= 0.3 is 0 Å². The minimum Gasteiger partial charge on any atom is -0.301 e. The van der Waals surface area contributed by atoms with Gasteiger partial charge in [-0.05, 0) is 25.8 Å². The van der Waals surface area contributed by atoms with Gasteiger partial charge in [-0.25, -0.2) is 0 Å². The van der Waals surface area contributed by atoms with Gasteiger partial charge in [0.25, 0.3) is 0 Å². The second-order valence-electron chi connectivity index (χ2n) is 3.60. The van der Waals surface area contributed by atoms with Crippen LogP contribution in [0.3, 0.4) is 0 Å². The van der Waals surface area contributed by atoms with E-state index < -0.39 is 0 Å².